The van der Waals surface area contributed by atoms with E-state index in [1.54, 1.807) is 0 Å². The lowest BCUT2D eigenvalue weighted by Gasteiger charge is -2.02. The van der Waals surface area contributed by atoms with Gasteiger partial charge in [0.1, 0.15) is 0 Å². The smallest absolute Gasteiger partial charge is 0.303 e. The Bertz CT molecular complexity index is 323. The van der Waals surface area contributed by atoms with E-state index in [-0.39, 0.29) is 18.0 Å². The van der Waals surface area contributed by atoms with Crippen molar-refractivity contribution in [1.29, 1.82) is 0 Å². The van der Waals surface area contributed by atoms with Crippen LogP contribution >= 0.6 is 0 Å². The fourth-order valence-electron chi connectivity index (χ4n) is 2.44. The molecule has 128 valence electrons. The fourth-order valence-corrected chi connectivity index (χ4v) is 2.44. The SMILES string of the molecule is CCCCCC(=O)C(=O)CCCCCCCCCCC(=O)O. The van der Waals surface area contributed by atoms with Gasteiger partial charge in [-0.05, 0) is 19.3 Å². The molecule has 0 saturated carbocycles. The Morgan fingerprint density at radius 3 is 1.36 bits per heavy atom. The Morgan fingerprint density at radius 2 is 0.955 bits per heavy atom. The minimum atomic E-state index is -0.714. The summed E-state index contributed by atoms with van der Waals surface area (Å²) in [7, 11) is 0. The van der Waals surface area contributed by atoms with E-state index in [9.17, 15) is 14.4 Å². The van der Waals surface area contributed by atoms with Crippen molar-refractivity contribution in [2.45, 2.75) is 96.8 Å². The zero-order valence-electron chi connectivity index (χ0n) is 14.1. The molecule has 0 aromatic carbocycles. The second-order valence-corrected chi connectivity index (χ2v) is 6.03. The van der Waals surface area contributed by atoms with Crippen molar-refractivity contribution >= 4 is 17.5 Å². The second kappa shape index (κ2) is 14.7. The molecule has 0 bridgehead atoms. The molecule has 0 heterocycles. The molecule has 0 unspecified atom stereocenters. The number of aliphatic carboxylic acids is 1. The van der Waals surface area contributed by atoms with Crippen LogP contribution in [0.1, 0.15) is 96.8 Å². The fraction of sp³-hybridized carbons (Fsp3) is 0.833. The van der Waals surface area contributed by atoms with Gasteiger partial charge in [-0.3, -0.25) is 14.4 Å². The van der Waals surface area contributed by atoms with Crippen molar-refractivity contribution in [3.8, 4) is 0 Å². The number of Topliss-reactive ketones (excluding diaryl/α,β-unsaturated/α-hetero) is 2. The molecule has 0 aromatic heterocycles. The van der Waals surface area contributed by atoms with E-state index >= 15 is 0 Å². The van der Waals surface area contributed by atoms with Crippen molar-refractivity contribution in [2.24, 2.45) is 0 Å². The van der Waals surface area contributed by atoms with Crippen LogP contribution in [-0.2, 0) is 14.4 Å². The first-order chi connectivity index (χ1) is 10.6. The minimum Gasteiger partial charge on any atom is -0.481 e. The van der Waals surface area contributed by atoms with Gasteiger partial charge in [-0.1, -0.05) is 58.3 Å². The molecule has 0 saturated heterocycles. The average Bonchev–Trinajstić information content (AvgIpc) is 2.48. The third-order valence-electron chi connectivity index (χ3n) is 3.86. The molecule has 22 heavy (non-hydrogen) atoms. The van der Waals surface area contributed by atoms with Crippen molar-refractivity contribution in [3.63, 3.8) is 0 Å². The van der Waals surface area contributed by atoms with Crippen LogP contribution in [0.15, 0.2) is 0 Å². The lowest BCUT2D eigenvalue weighted by molar-refractivity contribution is -0.137. The van der Waals surface area contributed by atoms with E-state index < -0.39 is 5.97 Å². The molecule has 0 spiro atoms. The number of carboxylic acid groups (broad SMARTS) is 1. The number of carboxylic acids is 1. The van der Waals surface area contributed by atoms with Gasteiger partial charge in [-0.25, -0.2) is 0 Å². The number of unbranched alkanes of at least 4 members (excludes halogenated alkanes) is 9. The van der Waals surface area contributed by atoms with Gasteiger partial charge >= 0.3 is 5.97 Å². The zero-order valence-corrected chi connectivity index (χ0v) is 14.1. The molecule has 0 aliphatic rings. The molecule has 4 nitrogen and oxygen atoms in total. The standard InChI is InChI=1S/C18H32O4/c1-2-3-10-13-16(19)17(20)14-11-8-6-4-5-7-9-12-15-18(21)22/h2-15H2,1H3,(H,21,22). The van der Waals surface area contributed by atoms with Gasteiger partial charge in [0.15, 0.2) is 11.6 Å². The normalized spacial score (nSPS) is 10.6. The highest BCUT2D eigenvalue weighted by Gasteiger charge is 2.12. The summed E-state index contributed by atoms with van der Waals surface area (Å²) in [5.74, 6) is -1.09. The third kappa shape index (κ3) is 13.8. The second-order valence-electron chi connectivity index (χ2n) is 6.03. The minimum absolute atomic E-state index is 0.188. The number of hydrogen-bond acceptors (Lipinski definition) is 3. The Balaban J connectivity index is 3.33. The van der Waals surface area contributed by atoms with Gasteiger partial charge in [0, 0.05) is 19.3 Å². The summed E-state index contributed by atoms with van der Waals surface area (Å²) in [6.07, 6.45) is 12.0. The molecule has 0 rings (SSSR count). The van der Waals surface area contributed by atoms with Crippen molar-refractivity contribution in [2.75, 3.05) is 0 Å². The molecule has 0 atom stereocenters. The number of carbonyl (C=O) groups excluding carboxylic acids is 2. The first-order valence-corrected chi connectivity index (χ1v) is 8.85. The molecule has 0 aliphatic heterocycles. The molecule has 0 amide bonds. The molecule has 0 radical (unpaired) electrons. The van der Waals surface area contributed by atoms with Crippen molar-refractivity contribution < 1.29 is 19.5 Å². The molecule has 4 heteroatoms. The van der Waals surface area contributed by atoms with Crippen LogP contribution in [0.5, 0.6) is 0 Å². The van der Waals surface area contributed by atoms with Gasteiger partial charge in [-0.15, -0.1) is 0 Å². The van der Waals surface area contributed by atoms with E-state index in [0.717, 1.165) is 70.6 Å². The van der Waals surface area contributed by atoms with Crippen LogP contribution in [0.2, 0.25) is 0 Å². The van der Waals surface area contributed by atoms with E-state index in [4.69, 9.17) is 5.11 Å². The molecular formula is C18H32O4. The predicted octanol–water partition coefficient (Wildman–Crippen LogP) is 4.69. The van der Waals surface area contributed by atoms with E-state index in [2.05, 4.69) is 6.92 Å². The van der Waals surface area contributed by atoms with Crippen LogP contribution in [0.25, 0.3) is 0 Å². The van der Waals surface area contributed by atoms with E-state index in [1.165, 1.54) is 0 Å². The third-order valence-corrected chi connectivity index (χ3v) is 3.86. The van der Waals surface area contributed by atoms with Gasteiger partial charge < -0.3 is 5.11 Å². The summed E-state index contributed by atoms with van der Waals surface area (Å²) in [6.45, 7) is 2.08. The van der Waals surface area contributed by atoms with Crippen LogP contribution in [0.4, 0.5) is 0 Å². The summed E-state index contributed by atoms with van der Waals surface area (Å²) in [5, 5.41) is 8.51. The summed E-state index contributed by atoms with van der Waals surface area (Å²) in [6, 6.07) is 0. The number of carbonyl (C=O) groups is 3. The lowest BCUT2D eigenvalue weighted by Crippen LogP contribution is -2.13. The van der Waals surface area contributed by atoms with Crippen LogP contribution < -0.4 is 0 Å². The Labute approximate surface area is 134 Å². The topological polar surface area (TPSA) is 71.4 Å². The molecule has 0 aliphatic carbocycles. The average molecular weight is 312 g/mol. The highest BCUT2D eigenvalue weighted by molar-refractivity contribution is 6.37. The Hall–Kier alpha value is -1.19. The molecular weight excluding hydrogens is 280 g/mol. The van der Waals surface area contributed by atoms with Crippen LogP contribution in [0, 0.1) is 0 Å². The molecule has 0 fully saturated rings. The lowest BCUT2D eigenvalue weighted by atomic mass is 10.0. The first-order valence-electron chi connectivity index (χ1n) is 8.85. The Morgan fingerprint density at radius 1 is 0.591 bits per heavy atom. The monoisotopic (exact) mass is 312 g/mol. The van der Waals surface area contributed by atoms with Gasteiger partial charge in [0.05, 0.1) is 0 Å². The van der Waals surface area contributed by atoms with Gasteiger partial charge in [0.2, 0.25) is 0 Å². The maximum absolute atomic E-state index is 11.6. The largest absolute Gasteiger partial charge is 0.481 e. The number of rotatable bonds is 16. The zero-order chi connectivity index (χ0) is 16.6. The van der Waals surface area contributed by atoms with Gasteiger partial charge in [0.25, 0.3) is 0 Å². The van der Waals surface area contributed by atoms with Crippen molar-refractivity contribution in [1.82, 2.24) is 0 Å². The van der Waals surface area contributed by atoms with Gasteiger partial charge in [-0.2, -0.15) is 0 Å². The highest BCUT2D eigenvalue weighted by Crippen LogP contribution is 2.11. The number of ketones is 2. The first kappa shape index (κ1) is 20.8. The number of hydrogen-bond donors (Lipinski definition) is 1. The highest BCUT2D eigenvalue weighted by atomic mass is 16.4. The summed E-state index contributed by atoms with van der Waals surface area (Å²) in [4.78, 5) is 33.5. The molecule has 0 aromatic rings. The van der Waals surface area contributed by atoms with E-state index in [0.29, 0.717) is 12.8 Å². The maximum atomic E-state index is 11.6. The van der Waals surface area contributed by atoms with E-state index in [1.807, 2.05) is 0 Å². The van der Waals surface area contributed by atoms with Crippen LogP contribution in [-0.4, -0.2) is 22.6 Å². The molecule has 1 N–H and O–H groups in total. The Kier molecular flexibility index (Phi) is 13.9. The predicted molar refractivity (Wildman–Crippen MR) is 88.0 cm³/mol. The summed E-state index contributed by atoms with van der Waals surface area (Å²) in [5.41, 5.74) is 0. The van der Waals surface area contributed by atoms with Crippen LogP contribution in [0.3, 0.4) is 0 Å². The summed E-state index contributed by atoms with van der Waals surface area (Å²) >= 11 is 0. The summed E-state index contributed by atoms with van der Waals surface area (Å²) < 4.78 is 0. The van der Waals surface area contributed by atoms with Crippen molar-refractivity contribution in [3.05, 3.63) is 0 Å². The maximum Gasteiger partial charge on any atom is 0.303 e. The quantitative estimate of drug-likeness (QED) is 0.331.